The Hall–Kier alpha value is -1.02. The molecule has 0 aliphatic carbocycles. The van der Waals surface area contributed by atoms with Crippen LogP contribution in [0.1, 0.15) is 18.4 Å². The Morgan fingerprint density at radius 1 is 1.21 bits per heavy atom. The van der Waals surface area contributed by atoms with Crippen molar-refractivity contribution in [2.75, 3.05) is 13.1 Å². The summed E-state index contributed by atoms with van der Waals surface area (Å²) in [7, 11) is 0. The molecule has 0 spiro atoms. The first kappa shape index (κ1) is 9.53. The molecule has 2 rings (SSSR count). The highest BCUT2D eigenvalue weighted by Gasteiger charge is 2.14. The molecule has 76 valence electrons. The number of piperidine rings is 1. The monoisotopic (exact) mass is 191 g/mol. The molecule has 0 radical (unpaired) electrons. The second kappa shape index (κ2) is 4.47. The molecule has 0 bridgehead atoms. The zero-order chi connectivity index (χ0) is 9.80. The molecule has 2 nitrogen and oxygen atoms in total. The Labute approximate surface area is 85.0 Å². The molecule has 2 N–H and O–H groups in total. The molecule has 1 fully saturated rings. The largest absolute Gasteiger partial charge is 0.508 e. The Morgan fingerprint density at radius 2 is 1.93 bits per heavy atom. The van der Waals surface area contributed by atoms with Gasteiger partial charge < -0.3 is 10.4 Å². The van der Waals surface area contributed by atoms with E-state index in [2.05, 4.69) is 5.32 Å². The summed E-state index contributed by atoms with van der Waals surface area (Å²) in [6.45, 7) is 2.25. The molecule has 1 aromatic rings. The lowest BCUT2D eigenvalue weighted by Gasteiger charge is -2.22. The van der Waals surface area contributed by atoms with Crippen LogP contribution in [-0.2, 0) is 6.42 Å². The molecule has 0 amide bonds. The van der Waals surface area contributed by atoms with Gasteiger partial charge in [0.25, 0.3) is 0 Å². The lowest BCUT2D eigenvalue weighted by atomic mass is 9.91. The Bertz CT molecular complexity index is 292. The molecular formula is C12H17NO. The van der Waals surface area contributed by atoms with Crippen LogP contribution in [0.2, 0.25) is 0 Å². The van der Waals surface area contributed by atoms with Gasteiger partial charge >= 0.3 is 0 Å². The van der Waals surface area contributed by atoms with Crippen LogP contribution >= 0.6 is 0 Å². The summed E-state index contributed by atoms with van der Waals surface area (Å²) in [5.74, 6) is 1.19. The zero-order valence-corrected chi connectivity index (χ0v) is 8.37. The maximum Gasteiger partial charge on any atom is 0.118 e. The van der Waals surface area contributed by atoms with Gasteiger partial charge in [0.15, 0.2) is 0 Å². The van der Waals surface area contributed by atoms with E-state index in [1.807, 2.05) is 18.2 Å². The van der Waals surface area contributed by atoms with Gasteiger partial charge in [0.05, 0.1) is 0 Å². The van der Waals surface area contributed by atoms with Gasteiger partial charge in [-0.25, -0.2) is 0 Å². The van der Waals surface area contributed by atoms with Gasteiger partial charge in [0.2, 0.25) is 0 Å². The van der Waals surface area contributed by atoms with E-state index in [-0.39, 0.29) is 0 Å². The Balaban J connectivity index is 1.99. The van der Waals surface area contributed by atoms with Gasteiger partial charge in [0, 0.05) is 0 Å². The molecule has 1 heterocycles. The summed E-state index contributed by atoms with van der Waals surface area (Å²) in [5.41, 5.74) is 1.10. The van der Waals surface area contributed by atoms with Crippen molar-refractivity contribution in [3.05, 3.63) is 29.8 Å². The van der Waals surface area contributed by atoms with Gasteiger partial charge in [-0.05, 0) is 49.9 Å². The molecule has 0 atom stereocenters. The topological polar surface area (TPSA) is 32.3 Å². The van der Waals surface area contributed by atoms with Crippen molar-refractivity contribution in [2.24, 2.45) is 5.92 Å². The first-order valence-corrected chi connectivity index (χ1v) is 5.34. The van der Waals surface area contributed by atoms with Gasteiger partial charge in [-0.2, -0.15) is 0 Å². The van der Waals surface area contributed by atoms with Gasteiger partial charge in [-0.1, -0.05) is 18.2 Å². The maximum atomic E-state index is 9.63. The molecule has 14 heavy (non-hydrogen) atoms. The number of nitrogens with one attached hydrogen (secondary N) is 1. The second-order valence-electron chi connectivity index (χ2n) is 4.03. The highest BCUT2D eigenvalue weighted by Crippen LogP contribution is 2.23. The fraction of sp³-hybridized carbons (Fsp3) is 0.500. The van der Waals surface area contributed by atoms with Crippen molar-refractivity contribution < 1.29 is 5.11 Å². The molecule has 0 aromatic heterocycles. The summed E-state index contributed by atoms with van der Waals surface area (Å²) in [4.78, 5) is 0. The number of phenols is 1. The number of hydrogen-bond donors (Lipinski definition) is 2. The lowest BCUT2D eigenvalue weighted by molar-refractivity contribution is 0.366. The van der Waals surface area contributed by atoms with Crippen LogP contribution in [0.25, 0.3) is 0 Å². The third-order valence-corrected chi connectivity index (χ3v) is 2.96. The van der Waals surface area contributed by atoms with Crippen LogP contribution < -0.4 is 5.32 Å². The van der Waals surface area contributed by atoms with E-state index in [9.17, 15) is 5.11 Å². The average Bonchev–Trinajstić information content (AvgIpc) is 2.23. The van der Waals surface area contributed by atoms with E-state index in [4.69, 9.17) is 0 Å². The maximum absolute atomic E-state index is 9.63. The number of para-hydroxylation sites is 1. The quantitative estimate of drug-likeness (QED) is 0.748. The zero-order valence-electron chi connectivity index (χ0n) is 8.37. The summed E-state index contributed by atoms with van der Waals surface area (Å²) < 4.78 is 0. The van der Waals surface area contributed by atoms with Crippen LogP contribution in [0.4, 0.5) is 0 Å². The van der Waals surface area contributed by atoms with E-state index in [1.165, 1.54) is 12.8 Å². The van der Waals surface area contributed by atoms with E-state index < -0.39 is 0 Å². The van der Waals surface area contributed by atoms with Crippen LogP contribution in [0, 0.1) is 5.92 Å². The third kappa shape index (κ3) is 2.26. The SMILES string of the molecule is Oc1ccccc1CC1CCNCC1. The van der Waals surface area contributed by atoms with Crippen LogP contribution in [0.15, 0.2) is 24.3 Å². The summed E-state index contributed by atoms with van der Waals surface area (Å²) in [6.07, 6.45) is 3.48. The predicted molar refractivity (Wildman–Crippen MR) is 57.4 cm³/mol. The first-order chi connectivity index (χ1) is 6.86. The number of aromatic hydroxyl groups is 1. The average molecular weight is 191 g/mol. The lowest BCUT2D eigenvalue weighted by Crippen LogP contribution is -2.28. The summed E-state index contributed by atoms with van der Waals surface area (Å²) in [6, 6.07) is 7.67. The van der Waals surface area contributed by atoms with Crippen molar-refractivity contribution in [2.45, 2.75) is 19.3 Å². The minimum atomic E-state index is 0.450. The van der Waals surface area contributed by atoms with Crippen LogP contribution in [0.3, 0.4) is 0 Å². The van der Waals surface area contributed by atoms with Gasteiger partial charge in [-0.15, -0.1) is 0 Å². The van der Waals surface area contributed by atoms with Crippen LogP contribution in [0.5, 0.6) is 5.75 Å². The number of benzene rings is 1. The van der Waals surface area contributed by atoms with E-state index in [1.54, 1.807) is 6.07 Å². The predicted octanol–water partition coefficient (Wildman–Crippen LogP) is 1.93. The molecule has 1 aliphatic heterocycles. The van der Waals surface area contributed by atoms with E-state index in [0.717, 1.165) is 31.0 Å². The van der Waals surface area contributed by atoms with Crippen molar-refractivity contribution in [3.63, 3.8) is 0 Å². The molecule has 0 saturated carbocycles. The van der Waals surface area contributed by atoms with Gasteiger partial charge in [0.1, 0.15) is 5.75 Å². The Kier molecular flexibility index (Phi) is 3.04. The van der Waals surface area contributed by atoms with Crippen LogP contribution in [-0.4, -0.2) is 18.2 Å². The molecule has 1 aliphatic rings. The van der Waals surface area contributed by atoms with Crippen molar-refractivity contribution in [3.8, 4) is 5.75 Å². The highest BCUT2D eigenvalue weighted by atomic mass is 16.3. The minimum Gasteiger partial charge on any atom is -0.508 e. The fourth-order valence-corrected chi connectivity index (χ4v) is 2.08. The molecular weight excluding hydrogens is 174 g/mol. The summed E-state index contributed by atoms with van der Waals surface area (Å²) >= 11 is 0. The first-order valence-electron chi connectivity index (χ1n) is 5.34. The number of hydrogen-bond acceptors (Lipinski definition) is 2. The number of rotatable bonds is 2. The Morgan fingerprint density at radius 3 is 2.64 bits per heavy atom. The van der Waals surface area contributed by atoms with E-state index in [0.29, 0.717) is 5.75 Å². The normalized spacial score (nSPS) is 18.3. The fourth-order valence-electron chi connectivity index (χ4n) is 2.08. The van der Waals surface area contributed by atoms with E-state index >= 15 is 0 Å². The summed E-state index contributed by atoms with van der Waals surface area (Å²) in [5, 5.41) is 13.0. The minimum absolute atomic E-state index is 0.450. The second-order valence-corrected chi connectivity index (χ2v) is 4.03. The van der Waals surface area contributed by atoms with Crippen molar-refractivity contribution in [1.82, 2.24) is 5.32 Å². The third-order valence-electron chi connectivity index (χ3n) is 2.96. The van der Waals surface area contributed by atoms with Gasteiger partial charge in [-0.3, -0.25) is 0 Å². The standard InChI is InChI=1S/C12H17NO/c14-12-4-2-1-3-11(12)9-10-5-7-13-8-6-10/h1-4,10,13-14H,5-9H2. The van der Waals surface area contributed by atoms with Crippen molar-refractivity contribution >= 4 is 0 Å². The highest BCUT2D eigenvalue weighted by molar-refractivity contribution is 5.32. The molecule has 0 unspecified atom stereocenters. The van der Waals surface area contributed by atoms with Crippen molar-refractivity contribution in [1.29, 1.82) is 0 Å². The molecule has 1 saturated heterocycles. The molecule has 1 aromatic carbocycles. The molecule has 2 heteroatoms. The smallest absolute Gasteiger partial charge is 0.118 e. The number of phenolic OH excluding ortho intramolecular Hbond substituents is 1.